The molecule has 0 aliphatic carbocycles. The topological polar surface area (TPSA) is 79.3 Å². The van der Waals surface area contributed by atoms with Gasteiger partial charge in [0.15, 0.2) is 0 Å². The van der Waals surface area contributed by atoms with E-state index >= 15 is 0 Å². The molecule has 0 fully saturated rings. The summed E-state index contributed by atoms with van der Waals surface area (Å²) in [7, 11) is 2.41. The van der Waals surface area contributed by atoms with Crippen LogP contribution in [0.5, 0.6) is 0 Å². The molecule has 1 amide bonds. The van der Waals surface area contributed by atoms with Gasteiger partial charge in [-0.3, -0.25) is 9.63 Å². The predicted molar refractivity (Wildman–Crippen MR) is 128 cm³/mol. The van der Waals surface area contributed by atoms with Gasteiger partial charge in [-0.2, -0.15) is 8.42 Å². The quantitative estimate of drug-likeness (QED) is 0.279. The number of benzene rings is 2. The van der Waals surface area contributed by atoms with E-state index < -0.39 is 10.0 Å². The lowest BCUT2D eigenvalue weighted by molar-refractivity contribution is -0.0753. The summed E-state index contributed by atoms with van der Waals surface area (Å²) in [6, 6.07) is 12.3. The number of sulfonamides is 1. The first-order chi connectivity index (χ1) is 15.5. The van der Waals surface area contributed by atoms with Crippen LogP contribution in [0, 0.1) is 12.7 Å². The molecule has 0 aliphatic heterocycles. The third kappa shape index (κ3) is 5.29. The molecule has 0 aliphatic rings. The SMILES string of the molecule is CON(C)C(=O)c1sc(-c2ccc(F)cc2)c(C)c1-c1ccc(S(=O)(=O)N=CN(C)C)cc1. The Morgan fingerprint density at radius 2 is 1.61 bits per heavy atom. The Morgan fingerprint density at radius 3 is 2.15 bits per heavy atom. The average Bonchev–Trinajstić information content (AvgIpc) is 3.14. The normalized spacial score (nSPS) is 11.7. The standard InChI is InChI=1S/C23H24FN3O4S2/c1-15-20(16-8-12-19(13-9-16)33(29,30)25-14-26(2)3)22(23(28)27(4)31-5)32-21(15)17-6-10-18(24)11-7-17/h6-14H,1-5H3. The highest BCUT2D eigenvalue weighted by molar-refractivity contribution is 7.90. The van der Waals surface area contributed by atoms with Crippen LogP contribution in [0.2, 0.25) is 0 Å². The number of carbonyl (C=O) groups excluding carboxylic acids is 1. The van der Waals surface area contributed by atoms with E-state index in [-0.39, 0.29) is 16.6 Å². The van der Waals surface area contributed by atoms with Crippen LogP contribution in [0.15, 0.2) is 57.8 Å². The first-order valence-corrected chi connectivity index (χ1v) is 12.1. The maximum absolute atomic E-state index is 13.4. The first-order valence-electron chi connectivity index (χ1n) is 9.84. The molecule has 174 valence electrons. The molecule has 7 nitrogen and oxygen atoms in total. The number of nitrogens with zero attached hydrogens (tertiary/aromatic N) is 3. The van der Waals surface area contributed by atoms with E-state index in [1.54, 1.807) is 38.4 Å². The fourth-order valence-electron chi connectivity index (χ4n) is 3.13. The van der Waals surface area contributed by atoms with E-state index in [0.717, 1.165) is 21.1 Å². The summed E-state index contributed by atoms with van der Waals surface area (Å²) in [5.41, 5.74) is 2.92. The van der Waals surface area contributed by atoms with Crippen molar-refractivity contribution in [2.45, 2.75) is 11.8 Å². The monoisotopic (exact) mass is 489 g/mol. The van der Waals surface area contributed by atoms with Crippen molar-refractivity contribution < 1.29 is 22.4 Å². The van der Waals surface area contributed by atoms with E-state index in [4.69, 9.17) is 4.84 Å². The molecule has 1 heterocycles. The fourth-order valence-corrected chi connectivity index (χ4v) is 5.34. The van der Waals surface area contributed by atoms with Crippen LogP contribution in [0.4, 0.5) is 4.39 Å². The van der Waals surface area contributed by atoms with Crippen molar-refractivity contribution in [1.82, 2.24) is 9.96 Å². The first kappa shape index (κ1) is 24.6. The highest BCUT2D eigenvalue weighted by atomic mass is 32.2. The average molecular weight is 490 g/mol. The lowest BCUT2D eigenvalue weighted by Crippen LogP contribution is -2.25. The summed E-state index contributed by atoms with van der Waals surface area (Å²) in [5, 5.41) is 1.12. The molecule has 0 radical (unpaired) electrons. The largest absolute Gasteiger partial charge is 0.368 e. The molecule has 1 aromatic heterocycles. The van der Waals surface area contributed by atoms with Gasteiger partial charge in [-0.05, 0) is 47.9 Å². The second-order valence-electron chi connectivity index (χ2n) is 7.44. The third-order valence-electron chi connectivity index (χ3n) is 4.86. The van der Waals surface area contributed by atoms with Crippen molar-refractivity contribution in [1.29, 1.82) is 0 Å². The maximum Gasteiger partial charge on any atom is 0.287 e. The van der Waals surface area contributed by atoms with Gasteiger partial charge in [0.1, 0.15) is 17.0 Å². The summed E-state index contributed by atoms with van der Waals surface area (Å²) in [4.78, 5) is 20.9. The number of carbonyl (C=O) groups is 1. The van der Waals surface area contributed by atoms with Gasteiger partial charge in [-0.15, -0.1) is 15.7 Å². The fraction of sp³-hybridized carbons (Fsp3) is 0.217. The van der Waals surface area contributed by atoms with Gasteiger partial charge in [-0.1, -0.05) is 24.3 Å². The molecule has 0 bridgehead atoms. The highest BCUT2D eigenvalue weighted by Gasteiger charge is 2.25. The number of hydroxylamine groups is 2. The summed E-state index contributed by atoms with van der Waals surface area (Å²) >= 11 is 1.27. The zero-order valence-corrected chi connectivity index (χ0v) is 20.5. The molecule has 2 aromatic carbocycles. The number of amides is 1. The van der Waals surface area contributed by atoms with E-state index in [0.29, 0.717) is 16.0 Å². The van der Waals surface area contributed by atoms with E-state index in [9.17, 15) is 17.6 Å². The van der Waals surface area contributed by atoms with Crippen molar-refractivity contribution in [3.05, 3.63) is 64.8 Å². The van der Waals surface area contributed by atoms with Gasteiger partial charge in [0.2, 0.25) is 0 Å². The van der Waals surface area contributed by atoms with Crippen molar-refractivity contribution in [2.75, 3.05) is 28.3 Å². The Labute approximate surface area is 196 Å². The summed E-state index contributed by atoms with van der Waals surface area (Å²) in [6.07, 6.45) is 1.22. The van der Waals surface area contributed by atoms with Gasteiger partial charge in [0.05, 0.1) is 12.0 Å². The van der Waals surface area contributed by atoms with Gasteiger partial charge < -0.3 is 4.90 Å². The number of halogens is 1. The summed E-state index contributed by atoms with van der Waals surface area (Å²) in [6.45, 7) is 1.88. The lowest BCUT2D eigenvalue weighted by Gasteiger charge is -2.14. The molecule has 3 rings (SSSR count). The molecule has 0 saturated heterocycles. The Bertz CT molecular complexity index is 1280. The van der Waals surface area contributed by atoms with E-state index in [1.165, 1.54) is 61.0 Å². The second kappa shape index (κ2) is 9.82. The molecule has 0 atom stereocenters. The molecule has 3 aromatic rings. The van der Waals surface area contributed by atoms with Gasteiger partial charge in [0.25, 0.3) is 15.9 Å². The highest BCUT2D eigenvalue weighted by Crippen LogP contribution is 2.42. The van der Waals surface area contributed by atoms with Gasteiger partial charge >= 0.3 is 0 Å². The minimum Gasteiger partial charge on any atom is -0.368 e. The summed E-state index contributed by atoms with van der Waals surface area (Å²) < 4.78 is 42.0. The Balaban J connectivity index is 2.13. The maximum atomic E-state index is 13.4. The van der Waals surface area contributed by atoms with Crippen molar-refractivity contribution in [3.8, 4) is 21.6 Å². The van der Waals surface area contributed by atoms with Crippen LogP contribution in [0.1, 0.15) is 15.2 Å². The van der Waals surface area contributed by atoms with Gasteiger partial charge in [0, 0.05) is 31.6 Å². The van der Waals surface area contributed by atoms with Crippen molar-refractivity contribution in [3.63, 3.8) is 0 Å². The van der Waals surface area contributed by atoms with Crippen LogP contribution >= 0.6 is 11.3 Å². The van der Waals surface area contributed by atoms with Crippen molar-refractivity contribution in [2.24, 2.45) is 4.40 Å². The zero-order valence-electron chi connectivity index (χ0n) is 18.9. The predicted octanol–water partition coefficient (Wildman–Crippen LogP) is 4.44. The smallest absolute Gasteiger partial charge is 0.287 e. The summed E-state index contributed by atoms with van der Waals surface area (Å²) in [5.74, 6) is -0.696. The molecule has 0 N–H and O–H groups in total. The second-order valence-corrected chi connectivity index (χ2v) is 10.1. The zero-order chi connectivity index (χ0) is 24.3. The minimum atomic E-state index is -3.85. The molecule has 10 heteroatoms. The number of hydrogen-bond donors (Lipinski definition) is 0. The molecular formula is C23H24FN3O4S2. The molecule has 33 heavy (non-hydrogen) atoms. The number of hydrogen-bond acceptors (Lipinski definition) is 5. The molecule has 0 unspecified atom stereocenters. The van der Waals surface area contributed by atoms with Crippen LogP contribution in [0.25, 0.3) is 21.6 Å². The Kier molecular flexibility index (Phi) is 7.31. The van der Waals surface area contributed by atoms with Crippen LogP contribution < -0.4 is 0 Å². The molecule has 0 spiro atoms. The van der Waals surface area contributed by atoms with E-state index in [1.807, 2.05) is 6.92 Å². The number of rotatable bonds is 7. The van der Waals surface area contributed by atoms with Crippen molar-refractivity contribution >= 4 is 33.6 Å². The lowest BCUT2D eigenvalue weighted by atomic mass is 9.99. The Morgan fingerprint density at radius 1 is 1.03 bits per heavy atom. The molecular weight excluding hydrogens is 465 g/mol. The van der Waals surface area contributed by atoms with E-state index in [2.05, 4.69) is 4.40 Å². The molecule has 0 saturated carbocycles. The van der Waals surface area contributed by atoms with Crippen LogP contribution in [-0.4, -0.2) is 58.9 Å². The van der Waals surface area contributed by atoms with Crippen LogP contribution in [-0.2, 0) is 14.9 Å². The minimum absolute atomic E-state index is 0.0397. The number of thiophene rings is 1. The van der Waals surface area contributed by atoms with Crippen LogP contribution in [0.3, 0.4) is 0 Å². The Hall–Kier alpha value is -3.08. The third-order valence-corrected chi connectivity index (χ3v) is 7.43. The van der Waals surface area contributed by atoms with Gasteiger partial charge in [-0.25, -0.2) is 9.45 Å².